The normalized spacial score (nSPS) is 13.8. The monoisotopic (exact) mass is 1280 g/mol. The van der Waals surface area contributed by atoms with Gasteiger partial charge in [0.1, 0.15) is 34.0 Å². The number of rotatable bonds is 11. The third kappa shape index (κ3) is 14.5. The second-order valence-electron chi connectivity index (χ2n) is 19.7. The maximum atomic E-state index is 13.2. The zero-order valence-electron chi connectivity index (χ0n) is 46.8. The van der Waals surface area contributed by atoms with E-state index in [0.29, 0.717) is 63.3 Å². The molecule has 0 radical (unpaired) electrons. The number of imide groups is 1. The average molecular weight is 1280 g/mol. The van der Waals surface area contributed by atoms with Crippen molar-refractivity contribution in [2.45, 2.75) is 26.8 Å². The average Bonchev–Trinajstić information content (AvgIpc) is 1.94. The summed E-state index contributed by atoms with van der Waals surface area (Å²) in [5.41, 5.74) is 9.40. The number of esters is 2. The van der Waals surface area contributed by atoms with Gasteiger partial charge in [0.2, 0.25) is 11.8 Å². The minimum absolute atomic E-state index is 0.0394. The van der Waals surface area contributed by atoms with Gasteiger partial charge in [0.15, 0.2) is 11.5 Å². The number of benzene rings is 4. The molecule has 1 atom stereocenters. The molecular weight excluding hydrogens is 1230 g/mol. The molecule has 2 aliphatic rings. The first-order chi connectivity index (χ1) is 42.1. The van der Waals surface area contributed by atoms with Crippen molar-refractivity contribution in [2.75, 3.05) is 13.7 Å². The van der Waals surface area contributed by atoms with Crippen molar-refractivity contribution in [1.29, 1.82) is 0 Å². The molecule has 1 saturated heterocycles. The first-order valence-corrected chi connectivity index (χ1v) is 28.5. The summed E-state index contributed by atoms with van der Waals surface area (Å²) in [5, 5.41) is 12.4. The highest BCUT2D eigenvalue weighted by atomic mass is 79.9. The molecule has 6 aromatic heterocycles. The second-order valence-corrected chi connectivity index (χ2v) is 21.6. The Morgan fingerprint density at radius 3 is 1.52 bits per heavy atom. The number of fused-ring (bicyclic) bond motifs is 1. The SMILES string of the molecule is CC(=O)Oc1ccc(-c2cccnc2)nc1-c1ccc(Br)cc1.COc1ccc2c(c1)C(=O)N(C[C@@]1(C#Cc3ccc(-c4nc(-c5cccnc5)ccc4OC(C)=O)cc3)CC(=O)NC1=O)C2.Oc1ccc(-c2cccnc2)nc1-c1ccc(Br)cc1. The van der Waals surface area contributed by atoms with Crippen LogP contribution in [0.2, 0.25) is 0 Å². The van der Waals surface area contributed by atoms with Crippen LogP contribution < -0.4 is 19.5 Å². The number of methoxy groups -OCH3 is 1. The zero-order chi connectivity index (χ0) is 61.0. The Kier molecular flexibility index (Phi) is 18.5. The fourth-order valence-corrected chi connectivity index (χ4v) is 9.95. The van der Waals surface area contributed by atoms with Gasteiger partial charge >= 0.3 is 11.9 Å². The number of amides is 3. The number of halogens is 2. The standard InChI is InChI=1S/C34H26N4O6.C18H13BrN2O2.C16H11BrN2O/c1-21(39)44-29-12-11-28(24-4-3-15-35-18-24)36-31(29)23-7-5-22(6-8-23)13-14-34(17-30(40)37-33(34)42)20-38-19-25-9-10-26(43-2)16-27(25)32(38)41;1-12(22)23-17-9-8-16(14-3-2-10-20-11-14)21-18(17)13-4-6-15(19)7-5-13;17-13-5-3-11(4-6-13)16-15(20)8-7-14(19-16)12-2-1-9-18-10-12/h3-12,15-16,18H,17,19-20H2,1-2H3,(H,37,40,42);2-11H,1H3;1-10,20H/t34-;;/m1../s1. The molecular formula is C68H50Br2N8O9. The maximum absolute atomic E-state index is 13.2. The van der Waals surface area contributed by atoms with Crippen molar-refractivity contribution in [1.82, 2.24) is 40.1 Å². The number of ether oxygens (including phenoxy) is 3. The Bertz CT molecular complexity index is 4270. The van der Waals surface area contributed by atoms with Gasteiger partial charge in [-0.05, 0) is 127 Å². The Morgan fingerprint density at radius 1 is 0.598 bits per heavy atom. The molecule has 8 heterocycles. The van der Waals surface area contributed by atoms with Crippen LogP contribution in [0.3, 0.4) is 0 Å². The molecule has 0 unspecified atom stereocenters. The van der Waals surface area contributed by atoms with Crippen molar-refractivity contribution < 1.29 is 43.3 Å². The number of pyridine rings is 6. The quantitative estimate of drug-likeness (QED) is 0.0697. The van der Waals surface area contributed by atoms with Crippen LogP contribution in [0, 0.1) is 17.3 Å². The third-order valence-corrected chi connectivity index (χ3v) is 14.7. The molecule has 19 heteroatoms. The topological polar surface area (TPSA) is 226 Å². The number of hydrogen-bond acceptors (Lipinski definition) is 15. The summed E-state index contributed by atoms with van der Waals surface area (Å²) in [7, 11) is 1.53. The summed E-state index contributed by atoms with van der Waals surface area (Å²) in [6.45, 7) is 2.96. The van der Waals surface area contributed by atoms with E-state index < -0.39 is 23.2 Å². The van der Waals surface area contributed by atoms with E-state index in [9.17, 15) is 29.1 Å². The van der Waals surface area contributed by atoms with E-state index in [1.165, 1.54) is 25.9 Å². The minimum Gasteiger partial charge on any atom is -0.506 e. The largest absolute Gasteiger partial charge is 0.506 e. The minimum atomic E-state index is -1.40. The van der Waals surface area contributed by atoms with Gasteiger partial charge in [-0.25, -0.2) is 15.0 Å². The van der Waals surface area contributed by atoms with E-state index in [-0.39, 0.29) is 30.6 Å². The van der Waals surface area contributed by atoms with Crippen molar-refractivity contribution >= 4 is 61.5 Å². The summed E-state index contributed by atoms with van der Waals surface area (Å²) in [4.78, 5) is 89.5. The summed E-state index contributed by atoms with van der Waals surface area (Å²) in [6.07, 6.45) is 10.2. The lowest BCUT2D eigenvalue weighted by atomic mass is 9.85. The second kappa shape index (κ2) is 27.0. The van der Waals surface area contributed by atoms with Crippen molar-refractivity contribution in [3.63, 3.8) is 0 Å². The van der Waals surface area contributed by atoms with Gasteiger partial charge in [0, 0.05) is 118 Å². The van der Waals surface area contributed by atoms with Crippen molar-refractivity contribution in [3.8, 4) is 102 Å². The van der Waals surface area contributed by atoms with E-state index in [4.69, 9.17) is 19.2 Å². The van der Waals surface area contributed by atoms with Crippen LogP contribution in [0.1, 0.15) is 41.8 Å². The molecule has 2 N–H and O–H groups in total. The fraction of sp³-hybridized carbons (Fsp3) is 0.103. The number of carbonyl (C=O) groups is 5. The van der Waals surface area contributed by atoms with E-state index >= 15 is 0 Å². The molecule has 12 rings (SSSR count). The van der Waals surface area contributed by atoms with Gasteiger partial charge in [-0.2, -0.15) is 0 Å². The number of aromatic hydroxyl groups is 1. The summed E-state index contributed by atoms with van der Waals surface area (Å²) in [6, 6.07) is 49.5. The van der Waals surface area contributed by atoms with Gasteiger partial charge < -0.3 is 24.2 Å². The number of nitrogens with zero attached hydrogens (tertiary/aromatic N) is 7. The summed E-state index contributed by atoms with van der Waals surface area (Å²) < 4.78 is 17.9. The molecule has 0 spiro atoms. The van der Waals surface area contributed by atoms with Gasteiger partial charge in [-0.1, -0.05) is 86.2 Å². The molecule has 0 aliphatic carbocycles. The first-order valence-electron chi connectivity index (χ1n) is 26.9. The molecule has 10 aromatic rings. The molecule has 430 valence electrons. The van der Waals surface area contributed by atoms with E-state index in [1.807, 2.05) is 97.1 Å². The summed E-state index contributed by atoms with van der Waals surface area (Å²) in [5.74, 6) is 5.45. The van der Waals surface area contributed by atoms with Crippen LogP contribution in [0.5, 0.6) is 23.0 Å². The molecule has 2 aliphatic heterocycles. The highest BCUT2D eigenvalue weighted by molar-refractivity contribution is 9.10. The van der Waals surface area contributed by atoms with Crippen LogP contribution >= 0.6 is 31.9 Å². The maximum Gasteiger partial charge on any atom is 0.308 e. The van der Waals surface area contributed by atoms with Crippen LogP contribution in [0.25, 0.3) is 67.5 Å². The first kappa shape index (κ1) is 59.6. The van der Waals surface area contributed by atoms with Crippen LogP contribution in [-0.4, -0.2) is 83.2 Å². The lowest BCUT2D eigenvalue weighted by Crippen LogP contribution is -2.42. The van der Waals surface area contributed by atoms with Crippen molar-refractivity contribution in [2.24, 2.45) is 5.41 Å². The van der Waals surface area contributed by atoms with E-state index in [0.717, 1.165) is 53.7 Å². The molecule has 87 heavy (non-hydrogen) atoms. The van der Waals surface area contributed by atoms with E-state index in [1.54, 1.807) is 104 Å². The molecule has 0 saturated carbocycles. The van der Waals surface area contributed by atoms with Gasteiger partial charge in [0.25, 0.3) is 5.91 Å². The van der Waals surface area contributed by atoms with Crippen molar-refractivity contribution in [3.05, 3.63) is 227 Å². The predicted molar refractivity (Wildman–Crippen MR) is 333 cm³/mol. The molecule has 4 aromatic carbocycles. The molecule has 1 fully saturated rings. The lowest BCUT2D eigenvalue weighted by molar-refractivity contribution is -0.132. The Morgan fingerprint density at radius 2 is 1.07 bits per heavy atom. The van der Waals surface area contributed by atoms with Crippen LogP contribution in [-0.2, 0) is 25.7 Å². The Hall–Kier alpha value is -10.6. The third-order valence-electron chi connectivity index (χ3n) is 13.6. The number of hydrogen-bond donors (Lipinski definition) is 2. The smallest absolute Gasteiger partial charge is 0.308 e. The van der Waals surface area contributed by atoms with Gasteiger partial charge in [-0.15, -0.1) is 0 Å². The predicted octanol–water partition coefficient (Wildman–Crippen LogP) is 12.6. The fourth-order valence-electron chi connectivity index (χ4n) is 9.42. The Balaban J connectivity index is 0.000000162. The zero-order valence-corrected chi connectivity index (χ0v) is 49.9. The highest BCUT2D eigenvalue weighted by Gasteiger charge is 2.48. The molecule has 0 bridgehead atoms. The van der Waals surface area contributed by atoms with Crippen LogP contribution in [0.4, 0.5) is 0 Å². The van der Waals surface area contributed by atoms with Gasteiger partial charge in [-0.3, -0.25) is 44.2 Å². The highest BCUT2D eigenvalue weighted by Crippen LogP contribution is 2.37. The van der Waals surface area contributed by atoms with Gasteiger partial charge in [0.05, 0.1) is 30.6 Å². The van der Waals surface area contributed by atoms with Crippen LogP contribution in [0.15, 0.2) is 210 Å². The summed E-state index contributed by atoms with van der Waals surface area (Å²) >= 11 is 6.81. The Labute approximate surface area is 516 Å². The molecule has 17 nitrogen and oxygen atoms in total. The lowest BCUT2D eigenvalue weighted by Gasteiger charge is -2.25. The number of aromatic nitrogens is 6. The van der Waals surface area contributed by atoms with E-state index in [2.05, 4.69) is 73.9 Å². The number of nitrogens with one attached hydrogen (secondary N) is 1. The number of carbonyl (C=O) groups excluding carboxylic acids is 5. The molecule has 3 amide bonds.